The molecule has 2 rings (SSSR count). The van der Waals surface area contributed by atoms with Gasteiger partial charge in [-0.05, 0) is 11.5 Å². The molecule has 0 saturated heterocycles. The summed E-state index contributed by atoms with van der Waals surface area (Å²) in [6.07, 6.45) is 1.33. The van der Waals surface area contributed by atoms with E-state index >= 15 is 0 Å². The molecule has 0 amide bonds. The van der Waals surface area contributed by atoms with Crippen molar-refractivity contribution in [3.63, 3.8) is 0 Å². The van der Waals surface area contributed by atoms with Crippen molar-refractivity contribution in [2.75, 3.05) is 7.11 Å². The number of benzene rings is 1. The smallest absolute Gasteiger partial charge is 0.216 e. The summed E-state index contributed by atoms with van der Waals surface area (Å²) in [6.45, 7) is 4.23. The van der Waals surface area contributed by atoms with Crippen LogP contribution in [-0.2, 0) is 0 Å². The molecule has 0 atom stereocenters. The van der Waals surface area contributed by atoms with Crippen LogP contribution in [0.4, 0.5) is 0 Å². The number of nitrogens with zero attached hydrogens (tertiary/aromatic N) is 2. The molecule has 4 nitrogen and oxygen atoms in total. The summed E-state index contributed by atoms with van der Waals surface area (Å²) in [4.78, 5) is 20.1. The van der Waals surface area contributed by atoms with Crippen LogP contribution >= 0.6 is 0 Å². The molecular formula is C15H16N2O2. The molecule has 19 heavy (non-hydrogen) atoms. The Morgan fingerprint density at radius 1 is 1.16 bits per heavy atom. The van der Waals surface area contributed by atoms with Gasteiger partial charge in [0, 0.05) is 11.6 Å². The van der Waals surface area contributed by atoms with Crippen molar-refractivity contribution in [2.45, 2.75) is 19.8 Å². The molecule has 0 fully saturated rings. The first-order valence-electron chi connectivity index (χ1n) is 6.12. The fourth-order valence-corrected chi connectivity index (χ4v) is 1.74. The third-order valence-corrected chi connectivity index (χ3v) is 2.92. The predicted molar refractivity (Wildman–Crippen MR) is 72.5 cm³/mol. The normalized spacial score (nSPS) is 10.5. The number of carbonyl (C=O) groups is 1. The van der Waals surface area contributed by atoms with E-state index in [1.54, 1.807) is 6.07 Å². The molecule has 1 aromatic carbocycles. The Balaban J connectivity index is 2.28. The zero-order chi connectivity index (χ0) is 13.8. The maximum atomic E-state index is 12.2. The second-order valence-corrected chi connectivity index (χ2v) is 4.55. The van der Waals surface area contributed by atoms with E-state index in [1.165, 1.54) is 19.0 Å². The molecule has 4 heteroatoms. The van der Waals surface area contributed by atoms with Crippen LogP contribution in [0.25, 0.3) is 0 Å². The minimum absolute atomic E-state index is 0.129. The summed E-state index contributed by atoms with van der Waals surface area (Å²) < 4.78 is 4.99. The van der Waals surface area contributed by atoms with Crippen molar-refractivity contribution in [2.24, 2.45) is 0 Å². The standard InChI is InChI=1S/C15H16N2O2/c1-10(2)11-4-6-12(7-5-11)15(18)13-8-14(19-3)17-9-16-13/h4-10H,1-3H3. The van der Waals surface area contributed by atoms with Gasteiger partial charge in [0.2, 0.25) is 11.7 Å². The zero-order valence-corrected chi connectivity index (χ0v) is 11.3. The van der Waals surface area contributed by atoms with E-state index < -0.39 is 0 Å². The Labute approximate surface area is 112 Å². The van der Waals surface area contributed by atoms with Gasteiger partial charge in [-0.1, -0.05) is 38.1 Å². The summed E-state index contributed by atoms with van der Waals surface area (Å²) >= 11 is 0. The minimum Gasteiger partial charge on any atom is -0.481 e. The molecule has 0 bridgehead atoms. The molecule has 98 valence electrons. The Morgan fingerprint density at radius 3 is 2.42 bits per heavy atom. The van der Waals surface area contributed by atoms with Crippen molar-refractivity contribution in [3.05, 3.63) is 53.5 Å². The third-order valence-electron chi connectivity index (χ3n) is 2.92. The lowest BCUT2D eigenvalue weighted by molar-refractivity contribution is 0.103. The largest absolute Gasteiger partial charge is 0.481 e. The molecule has 0 aliphatic heterocycles. The number of hydrogen-bond acceptors (Lipinski definition) is 4. The maximum Gasteiger partial charge on any atom is 0.216 e. The van der Waals surface area contributed by atoms with E-state index in [1.807, 2.05) is 24.3 Å². The number of ether oxygens (including phenoxy) is 1. The fraction of sp³-hybridized carbons (Fsp3) is 0.267. The molecule has 0 saturated carbocycles. The number of aromatic nitrogens is 2. The highest BCUT2D eigenvalue weighted by Crippen LogP contribution is 2.17. The highest BCUT2D eigenvalue weighted by atomic mass is 16.5. The zero-order valence-electron chi connectivity index (χ0n) is 11.3. The average molecular weight is 256 g/mol. The summed E-state index contributed by atoms with van der Waals surface area (Å²) in [5.41, 5.74) is 2.16. The van der Waals surface area contributed by atoms with E-state index in [0.717, 1.165) is 0 Å². The molecule has 0 N–H and O–H groups in total. The monoisotopic (exact) mass is 256 g/mol. The van der Waals surface area contributed by atoms with Gasteiger partial charge >= 0.3 is 0 Å². The molecular weight excluding hydrogens is 240 g/mol. The molecule has 0 spiro atoms. The van der Waals surface area contributed by atoms with Crippen molar-refractivity contribution in [3.8, 4) is 5.88 Å². The molecule has 0 aliphatic carbocycles. The lowest BCUT2D eigenvalue weighted by Gasteiger charge is -2.06. The SMILES string of the molecule is COc1cc(C(=O)c2ccc(C(C)C)cc2)ncn1. The molecule has 0 unspecified atom stereocenters. The molecule has 2 aromatic rings. The summed E-state index contributed by atoms with van der Waals surface area (Å²) in [7, 11) is 1.51. The Morgan fingerprint density at radius 2 is 1.84 bits per heavy atom. The van der Waals surface area contributed by atoms with Crippen LogP contribution < -0.4 is 4.74 Å². The Bertz CT molecular complexity index is 577. The van der Waals surface area contributed by atoms with Gasteiger partial charge in [-0.3, -0.25) is 4.79 Å². The molecule has 1 heterocycles. The lowest BCUT2D eigenvalue weighted by atomic mass is 10.00. The first-order chi connectivity index (χ1) is 9.11. The highest BCUT2D eigenvalue weighted by molar-refractivity contribution is 6.07. The van der Waals surface area contributed by atoms with E-state index in [9.17, 15) is 4.79 Å². The first-order valence-corrected chi connectivity index (χ1v) is 6.12. The van der Waals surface area contributed by atoms with Gasteiger partial charge in [-0.15, -0.1) is 0 Å². The van der Waals surface area contributed by atoms with E-state index in [-0.39, 0.29) is 5.78 Å². The van der Waals surface area contributed by atoms with Gasteiger partial charge in [0.15, 0.2) is 0 Å². The van der Waals surface area contributed by atoms with Gasteiger partial charge in [0.1, 0.15) is 12.0 Å². The van der Waals surface area contributed by atoms with Crippen molar-refractivity contribution < 1.29 is 9.53 Å². The van der Waals surface area contributed by atoms with Gasteiger partial charge < -0.3 is 4.74 Å². The molecule has 0 aliphatic rings. The van der Waals surface area contributed by atoms with Crippen LogP contribution in [0.2, 0.25) is 0 Å². The molecule has 1 aromatic heterocycles. The van der Waals surface area contributed by atoms with Crippen molar-refractivity contribution in [1.29, 1.82) is 0 Å². The van der Waals surface area contributed by atoms with Crippen LogP contribution in [-0.4, -0.2) is 22.9 Å². The van der Waals surface area contributed by atoms with Crippen molar-refractivity contribution >= 4 is 5.78 Å². The van der Waals surface area contributed by atoms with Gasteiger partial charge in [0.05, 0.1) is 7.11 Å². The summed E-state index contributed by atoms with van der Waals surface area (Å²) in [5.74, 6) is 0.705. The second-order valence-electron chi connectivity index (χ2n) is 4.55. The molecule has 0 radical (unpaired) electrons. The van der Waals surface area contributed by atoms with Gasteiger partial charge in [-0.2, -0.15) is 0 Å². The van der Waals surface area contributed by atoms with Crippen LogP contribution in [0.3, 0.4) is 0 Å². The fourth-order valence-electron chi connectivity index (χ4n) is 1.74. The van der Waals surface area contributed by atoms with Crippen LogP contribution in [0.1, 0.15) is 41.4 Å². The summed E-state index contributed by atoms with van der Waals surface area (Å²) in [5, 5.41) is 0. The number of methoxy groups -OCH3 is 1. The lowest BCUT2D eigenvalue weighted by Crippen LogP contribution is -2.05. The Hall–Kier alpha value is -2.23. The summed E-state index contributed by atoms with van der Waals surface area (Å²) in [6, 6.07) is 9.13. The van der Waals surface area contributed by atoms with Crippen LogP contribution in [0.5, 0.6) is 5.88 Å². The second kappa shape index (κ2) is 5.61. The minimum atomic E-state index is -0.129. The highest BCUT2D eigenvalue weighted by Gasteiger charge is 2.12. The maximum absolute atomic E-state index is 12.2. The van der Waals surface area contributed by atoms with Crippen LogP contribution in [0.15, 0.2) is 36.7 Å². The third kappa shape index (κ3) is 2.96. The Kier molecular flexibility index (Phi) is 3.90. The average Bonchev–Trinajstić information content (AvgIpc) is 2.46. The van der Waals surface area contributed by atoms with E-state index in [0.29, 0.717) is 23.1 Å². The number of carbonyl (C=O) groups excluding carboxylic acids is 1. The first kappa shape index (κ1) is 13.2. The predicted octanol–water partition coefficient (Wildman–Crippen LogP) is 2.84. The van der Waals surface area contributed by atoms with Gasteiger partial charge in [-0.25, -0.2) is 9.97 Å². The van der Waals surface area contributed by atoms with Crippen molar-refractivity contribution in [1.82, 2.24) is 9.97 Å². The number of hydrogen-bond donors (Lipinski definition) is 0. The number of rotatable bonds is 4. The van der Waals surface area contributed by atoms with Crippen LogP contribution in [0, 0.1) is 0 Å². The number of ketones is 1. The van der Waals surface area contributed by atoms with E-state index in [2.05, 4.69) is 23.8 Å². The van der Waals surface area contributed by atoms with Gasteiger partial charge in [0.25, 0.3) is 0 Å². The quantitative estimate of drug-likeness (QED) is 0.789. The topological polar surface area (TPSA) is 52.1 Å². The van der Waals surface area contributed by atoms with E-state index in [4.69, 9.17) is 4.74 Å².